The van der Waals surface area contributed by atoms with Crippen LogP contribution in [-0.2, 0) is 14.8 Å². The molecule has 6 nitrogen and oxygen atoms in total. The average molecular weight is 429 g/mol. The number of sulfonamides is 1. The second-order valence-electron chi connectivity index (χ2n) is 6.30. The Hall–Kier alpha value is -1.96. The molecule has 1 N–H and O–H groups in total. The predicted octanol–water partition coefficient (Wildman–Crippen LogP) is 3.86. The van der Waals surface area contributed by atoms with Crippen molar-refractivity contribution < 1.29 is 17.9 Å². The number of halogens is 2. The molecule has 27 heavy (non-hydrogen) atoms. The Balaban J connectivity index is 1.87. The second-order valence-corrected chi connectivity index (χ2v) is 9.05. The maximum atomic E-state index is 12.7. The van der Waals surface area contributed by atoms with E-state index in [-0.39, 0.29) is 24.6 Å². The van der Waals surface area contributed by atoms with Crippen LogP contribution in [0.25, 0.3) is 0 Å². The van der Waals surface area contributed by atoms with Gasteiger partial charge in [-0.2, -0.15) is 0 Å². The van der Waals surface area contributed by atoms with Crippen LogP contribution in [0, 0.1) is 6.92 Å². The van der Waals surface area contributed by atoms with Crippen LogP contribution in [-0.4, -0.2) is 33.2 Å². The molecule has 0 bridgehead atoms. The van der Waals surface area contributed by atoms with Crippen LogP contribution in [0.5, 0.6) is 5.75 Å². The lowest BCUT2D eigenvalue weighted by Gasteiger charge is -2.21. The van der Waals surface area contributed by atoms with Gasteiger partial charge in [-0.1, -0.05) is 29.3 Å². The number of fused-ring (bicyclic) bond motifs is 1. The smallest absolute Gasteiger partial charge is 0.265 e. The number of hydrogen-bond donors (Lipinski definition) is 1. The van der Waals surface area contributed by atoms with Gasteiger partial charge in [0, 0.05) is 28.7 Å². The van der Waals surface area contributed by atoms with Gasteiger partial charge >= 0.3 is 0 Å². The second kappa shape index (κ2) is 7.58. The molecular formula is C18H18Cl2N2O4S. The number of aryl methyl sites for hydroxylation is 1. The summed E-state index contributed by atoms with van der Waals surface area (Å²) < 4.78 is 31.3. The van der Waals surface area contributed by atoms with Crippen molar-refractivity contribution in [2.45, 2.75) is 19.4 Å². The first-order valence-electron chi connectivity index (χ1n) is 8.16. The Bertz CT molecular complexity index is 995. The first-order valence-corrected chi connectivity index (χ1v) is 10.8. The molecule has 0 aromatic heterocycles. The molecule has 0 saturated heterocycles. The average Bonchev–Trinajstić information content (AvgIpc) is 2.77. The summed E-state index contributed by atoms with van der Waals surface area (Å²) in [5, 5.41) is 3.68. The standard InChI is InChI=1S/C18H18Cl2N2O4S/c1-11-3-5-13(10-14(11)20)21-18(23)17-7-8-22(27(2,24)25)15-9-12(19)4-6-16(15)26-17/h3-6,9-10,17H,7-8H2,1-2H3,(H,21,23)/t17-/m0/s1. The van der Waals surface area contributed by atoms with E-state index in [1.54, 1.807) is 30.3 Å². The molecular weight excluding hydrogens is 411 g/mol. The van der Waals surface area contributed by atoms with Crippen LogP contribution in [0.15, 0.2) is 36.4 Å². The normalized spacial score (nSPS) is 16.9. The summed E-state index contributed by atoms with van der Waals surface area (Å²) in [6.07, 6.45) is 0.425. The molecule has 0 radical (unpaired) electrons. The summed E-state index contributed by atoms with van der Waals surface area (Å²) in [7, 11) is -3.55. The summed E-state index contributed by atoms with van der Waals surface area (Å²) in [6.45, 7) is 1.96. The molecule has 1 atom stereocenters. The first-order chi connectivity index (χ1) is 12.6. The zero-order valence-corrected chi connectivity index (χ0v) is 17.0. The van der Waals surface area contributed by atoms with Gasteiger partial charge in [0.25, 0.3) is 5.91 Å². The number of benzene rings is 2. The number of nitrogens with zero attached hydrogens (tertiary/aromatic N) is 1. The fraction of sp³-hybridized carbons (Fsp3) is 0.278. The highest BCUT2D eigenvalue weighted by atomic mass is 35.5. The number of rotatable bonds is 3. The van der Waals surface area contributed by atoms with Gasteiger partial charge in [-0.05, 0) is 42.8 Å². The van der Waals surface area contributed by atoms with Crippen molar-refractivity contribution in [1.29, 1.82) is 0 Å². The largest absolute Gasteiger partial charge is 0.478 e. The minimum absolute atomic E-state index is 0.0961. The van der Waals surface area contributed by atoms with Gasteiger partial charge in [0.2, 0.25) is 10.0 Å². The van der Waals surface area contributed by atoms with E-state index >= 15 is 0 Å². The van der Waals surface area contributed by atoms with Gasteiger partial charge in [0.1, 0.15) is 5.75 Å². The van der Waals surface area contributed by atoms with Gasteiger partial charge in [-0.15, -0.1) is 0 Å². The van der Waals surface area contributed by atoms with Gasteiger partial charge in [0.05, 0.1) is 11.9 Å². The molecule has 0 saturated carbocycles. The lowest BCUT2D eigenvalue weighted by Crippen LogP contribution is -2.35. The maximum Gasteiger partial charge on any atom is 0.265 e. The fourth-order valence-corrected chi connectivity index (χ4v) is 4.06. The zero-order valence-electron chi connectivity index (χ0n) is 14.7. The molecule has 2 aromatic rings. The quantitative estimate of drug-likeness (QED) is 0.804. The van der Waals surface area contributed by atoms with Crippen LogP contribution < -0.4 is 14.4 Å². The highest BCUT2D eigenvalue weighted by molar-refractivity contribution is 7.92. The number of hydrogen-bond acceptors (Lipinski definition) is 4. The van der Waals surface area contributed by atoms with E-state index in [9.17, 15) is 13.2 Å². The molecule has 9 heteroatoms. The van der Waals surface area contributed by atoms with E-state index in [4.69, 9.17) is 27.9 Å². The molecule has 0 spiro atoms. The molecule has 1 aliphatic rings. The van der Waals surface area contributed by atoms with Crippen LogP contribution in [0.4, 0.5) is 11.4 Å². The molecule has 0 unspecified atom stereocenters. The number of carbonyl (C=O) groups is 1. The van der Waals surface area contributed by atoms with Crippen molar-refractivity contribution in [2.75, 3.05) is 22.4 Å². The van der Waals surface area contributed by atoms with E-state index in [0.29, 0.717) is 21.4 Å². The molecule has 1 aliphatic heterocycles. The van der Waals surface area contributed by atoms with E-state index in [1.807, 2.05) is 6.92 Å². The first kappa shape index (κ1) is 19.8. The lowest BCUT2D eigenvalue weighted by molar-refractivity contribution is -0.122. The van der Waals surface area contributed by atoms with E-state index in [0.717, 1.165) is 11.8 Å². The van der Waals surface area contributed by atoms with Crippen molar-refractivity contribution in [3.05, 3.63) is 52.0 Å². The lowest BCUT2D eigenvalue weighted by atomic mass is 10.2. The van der Waals surface area contributed by atoms with Crippen LogP contribution >= 0.6 is 23.2 Å². The molecule has 0 aliphatic carbocycles. The number of ether oxygens (including phenoxy) is 1. The third-order valence-electron chi connectivity index (χ3n) is 4.19. The van der Waals surface area contributed by atoms with Crippen molar-refractivity contribution >= 4 is 50.5 Å². The minimum atomic E-state index is -3.55. The Labute approximate surface area is 168 Å². The van der Waals surface area contributed by atoms with Crippen LogP contribution in [0.1, 0.15) is 12.0 Å². The molecule has 1 heterocycles. The van der Waals surface area contributed by atoms with E-state index in [1.165, 1.54) is 10.4 Å². The summed E-state index contributed by atoms with van der Waals surface area (Å²) in [5.74, 6) is -0.101. The Kier molecular flexibility index (Phi) is 5.55. The van der Waals surface area contributed by atoms with Crippen LogP contribution in [0.2, 0.25) is 10.0 Å². The molecule has 2 aromatic carbocycles. The number of anilines is 2. The highest BCUT2D eigenvalue weighted by Crippen LogP contribution is 2.36. The Morgan fingerprint density at radius 2 is 1.96 bits per heavy atom. The molecule has 3 rings (SSSR count). The zero-order chi connectivity index (χ0) is 19.8. The topological polar surface area (TPSA) is 75.7 Å². The highest BCUT2D eigenvalue weighted by Gasteiger charge is 2.31. The molecule has 0 fully saturated rings. The summed E-state index contributed by atoms with van der Waals surface area (Å²) >= 11 is 12.1. The monoisotopic (exact) mass is 428 g/mol. The number of carbonyl (C=O) groups excluding carboxylic acids is 1. The number of amides is 1. The SMILES string of the molecule is Cc1ccc(NC(=O)[C@@H]2CCN(S(C)(=O)=O)c3cc(Cl)ccc3O2)cc1Cl. The Morgan fingerprint density at radius 1 is 1.22 bits per heavy atom. The predicted molar refractivity (Wildman–Crippen MR) is 107 cm³/mol. The van der Waals surface area contributed by atoms with Crippen molar-refractivity contribution in [2.24, 2.45) is 0 Å². The van der Waals surface area contributed by atoms with Gasteiger partial charge in [0.15, 0.2) is 6.10 Å². The summed E-state index contributed by atoms with van der Waals surface area (Å²) in [6, 6.07) is 9.85. The van der Waals surface area contributed by atoms with Crippen molar-refractivity contribution in [3.63, 3.8) is 0 Å². The maximum absolute atomic E-state index is 12.7. The van der Waals surface area contributed by atoms with Gasteiger partial charge in [-0.25, -0.2) is 8.42 Å². The molecule has 1 amide bonds. The number of nitrogens with one attached hydrogen (secondary N) is 1. The van der Waals surface area contributed by atoms with Crippen molar-refractivity contribution in [1.82, 2.24) is 0 Å². The van der Waals surface area contributed by atoms with E-state index < -0.39 is 16.1 Å². The third-order valence-corrected chi connectivity index (χ3v) is 6.01. The van der Waals surface area contributed by atoms with Gasteiger partial charge < -0.3 is 10.1 Å². The summed E-state index contributed by atoms with van der Waals surface area (Å²) in [4.78, 5) is 12.7. The van der Waals surface area contributed by atoms with Crippen molar-refractivity contribution in [3.8, 4) is 5.75 Å². The summed E-state index contributed by atoms with van der Waals surface area (Å²) in [5.41, 5.74) is 1.76. The van der Waals surface area contributed by atoms with Gasteiger partial charge in [-0.3, -0.25) is 9.10 Å². The Morgan fingerprint density at radius 3 is 2.63 bits per heavy atom. The fourth-order valence-electron chi connectivity index (χ4n) is 2.77. The minimum Gasteiger partial charge on any atom is -0.478 e. The molecule has 144 valence electrons. The van der Waals surface area contributed by atoms with E-state index in [2.05, 4.69) is 5.32 Å². The van der Waals surface area contributed by atoms with Crippen LogP contribution in [0.3, 0.4) is 0 Å². The third kappa shape index (κ3) is 4.48.